The van der Waals surface area contributed by atoms with Gasteiger partial charge in [0, 0.05) is 19.1 Å². The van der Waals surface area contributed by atoms with Crippen LogP contribution in [0.5, 0.6) is 0 Å². The Balaban J connectivity index is 0.00000220. The van der Waals surface area contributed by atoms with Crippen molar-refractivity contribution in [3.8, 4) is 0 Å². The van der Waals surface area contributed by atoms with Gasteiger partial charge in [0.05, 0.1) is 6.04 Å². The number of rotatable bonds is 3. The predicted octanol–water partition coefficient (Wildman–Crippen LogP) is 2.68. The Bertz CT molecular complexity index is 323. The van der Waals surface area contributed by atoms with E-state index in [9.17, 15) is 4.79 Å². The van der Waals surface area contributed by atoms with E-state index in [0.717, 1.165) is 32.5 Å². The lowest BCUT2D eigenvalue weighted by atomic mass is 9.92. The molecule has 2 heterocycles. The fourth-order valence-electron chi connectivity index (χ4n) is 3.64. The van der Waals surface area contributed by atoms with E-state index < -0.39 is 0 Å². The fourth-order valence-corrected chi connectivity index (χ4v) is 3.64. The van der Waals surface area contributed by atoms with Crippen LogP contribution in [0.1, 0.15) is 52.4 Å². The number of hydrogen-bond donors (Lipinski definition) is 1. The van der Waals surface area contributed by atoms with E-state index in [0.29, 0.717) is 18.4 Å². The van der Waals surface area contributed by atoms with Crippen LogP contribution in [0, 0.1) is 5.92 Å². The number of nitrogens with zero attached hydrogens (tertiary/aromatic N) is 2. The van der Waals surface area contributed by atoms with Crippen LogP contribution in [-0.4, -0.2) is 54.0 Å². The van der Waals surface area contributed by atoms with Gasteiger partial charge in [-0.25, -0.2) is 0 Å². The highest BCUT2D eigenvalue weighted by atomic mass is 35.5. The van der Waals surface area contributed by atoms with Crippen LogP contribution in [-0.2, 0) is 4.79 Å². The first-order valence-electron chi connectivity index (χ1n) is 8.38. The summed E-state index contributed by atoms with van der Waals surface area (Å²) < 4.78 is 0. The first-order valence-corrected chi connectivity index (χ1v) is 8.38. The minimum Gasteiger partial charge on any atom is -0.337 e. The van der Waals surface area contributed by atoms with Crippen molar-refractivity contribution in [1.29, 1.82) is 0 Å². The first-order chi connectivity index (χ1) is 9.63. The van der Waals surface area contributed by atoms with Crippen molar-refractivity contribution in [3.63, 3.8) is 0 Å². The number of nitrogens with two attached hydrogens (primary N) is 1. The van der Waals surface area contributed by atoms with Crippen LogP contribution in [0.15, 0.2) is 0 Å². The summed E-state index contributed by atoms with van der Waals surface area (Å²) in [5.41, 5.74) is 5.89. The maximum absolute atomic E-state index is 12.8. The molecule has 2 aliphatic heterocycles. The molecule has 0 bridgehead atoms. The van der Waals surface area contributed by atoms with Crippen molar-refractivity contribution in [2.45, 2.75) is 64.5 Å². The second-order valence-electron chi connectivity index (χ2n) is 6.68. The van der Waals surface area contributed by atoms with Gasteiger partial charge < -0.3 is 10.6 Å². The molecule has 0 saturated carbocycles. The minimum absolute atomic E-state index is 0. The molecule has 2 fully saturated rings. The van der Waals surface area contributed by atoms with Crippen molar-refractivity contribution in [1.82, 2.24) is 9.80 Å². The molecule has 4 nitrogen and oxygen atoms in total. The van der Waals surface area contributed by atoms with Crippen LogP contribution in [0.25, 0.3) is 0 Å². The van der Waals surface area contributed by atoms with E-state index in [2.05, 4.69) is 23.6 Å². The van der Waals surface area contributed by atoms with E-state index in [1.807, 2.05) is 0 Å². The summed E-state index contributed by atoms with van der Waals surface area (Å²) in [6, 6.07) is 0.274. The van der Waals surface area contributed by atoms with Crippen molar-refractivity contribution in [2.24, 2.45) is 11.7 Å². The lowest BCUT2D eigenvalue weighted by Gasteiger charge is -2.41. The molecule has 22 heavy (non-hydrogen) atoms. The molecule has 0 aromatic rings. The Morgan fingerprint density at radius 3 is 2.27 bits per heavy atom. The summed E-state index contributed by atoms with van der Waals surface area (Å²) in [7, 11) is 0. The van der Waals surface area contributed by atoms with Gasteiger partial charge in [0.2, 0.25) is 5.91 Å². The topological polar surface area (TPSA) is 49.6 Å². The molecule has 0 aliphatic carbocycles. The Kier molecular flexibility index (Phi) is 10.7. The number of piperidine rings is 1. The fraction of sp³-hybridized carbons (Fsp3) is 0.938. The monoisotopic (exact) mass is 353 g/mol. The van der Waals surface area contributed by atoms with E-state index in [1.54, 1.807) is 0 Å². The van der Waals surface area contributed by atoms with Gasteiger partial charge in [0.25, 0.3) is 0 Å². The van der Waals surface area contributed by atoms with Crippen molar-refractivity contribution < 1.29 is 4.79 Å². The normalized spacial score (nSPS) is 28.0. The van der Waals surface area contributed by atoms with Gasteiger partial charge in [0.1, 0.15) is 0 Å². The Morgan fingerprint density at radius 1 is 1.14 bits per heavy atom. The summed E-state index contributed by atoms with van der Waals surface area (Å²) in [5.74, 6) is 0.996. The zero-order valence-corrected chi connectivity index (χ0v) is 15.6. The second-order valence-corrected chi connectivity index (χ2v) is 6.68. The Morgan fingerprint density at radius 2 is 1.73 bits per heavy atom. The zero-order chi connectivity index (χ0) is 14.5. The van der Waals surface area contributed by atoms with Crippen molar-refractivity contribution >= 4 is 30.7 Å². The third kappa shape index (κ3) is 5.55. The quantitative estimate of drug-likeness (QED) is 0.848. The van der Waals surface area contributed by atoms with Gasteiger partial charge in [-0.15, -0.1) is 24.8 Å². The summed E-state index contributed by atoms with van der Waals surface area (Å²) in [5, 5.41) is 0. The number of halogens is 2. The van der Waals surface area contributed by atoms with Gasteiger partial charge in [-0.2, -0.15) is 0 Å². The minimum atomic E-state index is 0. The molecule has 6 heteroatoms. The summed E-state index contributed by atoms with van der Waals surface area (Å²) in [4.78, 5) is 17.3. The molecule has 2 rings (SSSR count). The van der Waals surface area contributed by atoms with E-state index in [-0.39, 0.29) is 36.9 Å². The van der Waals surface area contributed by atoms with E-state index in [1.165, 1.54) is 25.7 Å². The average Bonchev–Trinajstić information content (AvgIpc) is 2.74. The van der Waals surface area contributed by atoms with E-state index >= 15 is 0 Å². The summed E-state index contributed by atoms with van der Waals surface area (Å²) in [6.45, 7) is 7.99. The molecule has 0 spiro atoms. The van der Waals surface area contributed by atoms with E-state index in [4.69, 9.17) is 5.73 Å². The standard InChI is InChI=1S/C16H31N3O.2ClH/c1-13-7-10-19(15(11-13)12-17)16(20)14(2)18-8-5-3-4-6-9-18;;/h13-15H,3-12,17H2,1-2H3;2*1H. The smallest absolute Gasteiger partial charge is 0.239 e. The molecule has 2 aliphatic rings. The highest BCUT2D eigenvalue weighted by Gasteiger charge is 2.33. The molecular weight excluding hydrogens is 321 g/mol. The maximum atomic E-state index is 12.8. The molecule has 1 amide bonds. The van der Waals surface area contributed by atoms with Crippen LogP contribution in [0.4, 0.5) is 0 Å². The maximum Gasteiger partial charge on any atom is 0.239 e. The van der Waals surface area contributed by atoms with Gasteiger partial charge in [-0.1, -0.05) is 19.8 Å². The summed E-state index contributed by atoms with van der Waals surface area (Å²) in [6.07, 6.45) is 7.27. The second kappa shape index (κ2) is 10.7. The molecule has 3 atom stereocenters. The number of carbonyl (C=O) groups excluding carboxylic acids is 1. The molecule has 2 N–H and O–H groups in total. The van der Waals surface area contributed by atoms with Gasteiger partial charge in [-0.3, -0.25) is 9.69 Å². The Labute approximate surface area is 148 Å². The highest BCUT2D eigenvalue weighted by Crippen LogP contribution is 2.24. The number of likely N-dealkylation sites (tertiary alicyclic amines) is 2. The SMILES string of the molecule is CC1CCN(C(=O)C(C)N2CCCCCC2)C(CN)C1.Cl.Cl. The van der Waals surface area contributed by atoms with Crippen LogP contribution in [0.3, 0.4) is 0 Å². The van der Waals surface area contributed by atoms with Crippen LogP contribution < -0.4 is 5.73 Å². The third-order valence-corrected chi connectivity index (χ3v) is 5.08. The number of amides is 1. The number of carbonyl (C=O) groups is 1. The summed E-state index contributed by atoms with van der Waals surface area (Å²) >= 11 is 0. The van der Waals surface area contributed by atoms with Gasteiger partial charge in [0.15, 0.2) is 0 Å². The zero-order valence-electron chi connectivity index (χ0n) is 14.0. The lowest BCUT2D eigenvalue weighted by molar-refractivity contribution is -0.140. The molecular formula is C16H33Cl2N3O. The lowest BCUT2D eigenvalue weighted by Crippen LogP contribution is -2.55. The number of hydrogen-bond acceptors (Lipinski definition) is 3. The molecule has 3 unspecified atom stereocenters. The van der Waals surface area contributed by atoms with Gasteiger partial charge in [-0.05, 0) is 51.6 Å². The average molecular weight is 354 g/mol. The van der Waals surface area contributed by atoms with Crippen LogP contribution >= 0.6 is 24.8 Å². The predicted molar refractivity (Wildman–Crippen MR) is 97.0 cm³/mol. The third-order valence-electron chi connectivity index (χ3n) is 5.08. The highest BCUT2D eigenvalue weighted by molar-refractivity contribution is 5.85. The van der Waals surface area contributed by atoms with Crippen LogP contribution in [0.2, 0.25) is 0 Å². The molecule has 132 valence electrons. The molecule has 0 aromatic carbocycles. The van der Waals surface area contributed by atoms with Gasteiger partial charge >= 0.3 is 0 Å². The molecule has 2 saturated heterocycles. The largest absolute Gasteiger partial charge is 0.337 e. The van der Waals surface area contributed by atoms with Crippen molar-refractivity contribution in [2.75, 3.05) is 26.2 Å². The molecule has 0 radical (unpaired) electrons. The molecule has 0 aromatic heterocycles. The first kappa shape index (κ1) is 22.0. The van der Waals surface area contributed by atoms with Crippen molar-refractivity contribution in [3.05, 3.63) is 0 Å². The Hall–Kier alpha value is -0.0300.